The zero-order valence-electron chi connectivity index (χ0n) is 12.8. The van der Waals surface area contributed by atoms with Crippen LogP contribution >= 0.6 is 28.3 Å². The fourth-order valence-corrected chi connectivity index (χ4v) is 3.66. The number of piperidine rings is 1. The quantitative estimate of drug-likeness (QED) is 0.771. The summed E-state index contributed by atoms with van der Waals surface area (Å²) in [6.45, 7) is 1.92. The van der Waals surface area contributed by atoms with Gasteiger partial charge in [-0.2, -0.15) is 0 Å². The second-order valence-corrected chi connectivity index (χ2v) is 6.80. The van der Waals surface area contributed by atoms with Gasteiger partial charge in [0.05, 0.1) is 5.69 Å². The van der Waals surface area contributed by atoms with Crippen LogP contribution in [0, 0.1) is 5.92 Å². The molecular formula is C16H21BrClN3O2. The van der Waals surface area contributed by atoms with Gasteiger partial charge in [0.25, 0.3) is 0 Å². The van der Waals surface area contributed by atoms with Crippen LogP contribution in [0.2, 0.25) is 0 Å². The SMILES string of the molecule is Cl.NC1CCN(C(=O)C2CCN(c3ccccc3Br)C2=O)CC1. The summed E-state index contributed by atoms with van der Waals surface area (Å²) >= 11 is 3.47. The number of nitrogens with two attached hydrogens (primary N) is 1. The summed E-state index contributed by atoms with van der Waals surface area (Å²) in [5.74, 6) is -0.667. The zero-order chi connectivity index (χ0) is 15.7. The van der Waals surface area contributed by atoms with Gasteiger partial charge in [0.15, 0.2) is 0 Å². The number of halogens is 2. The van der Waals surface area contributed by atoms with E-state index in [-0.39, 0.29) is 30.3 Å². The lowest BCUT2D eigenvalue weighted by atomic mass is 10.0. The maximum absolute atomic E-state index is 12.6. The van der Waals surface area contributed by atoms with Crippen molar-refractivity contribution in [1.29, 1.82) is 0 Å². The van der Waals surface area contributed by atoms with Gasteiger partial charge in [-0.3, -0.25) is 9.59 Å². The number of nitrogens with zero attached hydrogens (tertiary/aromatic N) is 2. The molecule has 2 saturated heterocycles. The van der Waals surface area contributed by atoms with Crippen molar-refractivity contribution >= 4 is 45.8 Å². The molecule has 2 aliphatic heterocycles. The van der Waals surface area contributed by atoms with Crippen molar-refractivity contribution in [2.24, 2.45) is 11.7 Å². The van der Waals surface area contributed by atoms with Crippen molar-refractivity contribution in [2.45, 2.75) is 25.3 Å². The summed E-state index contributed by atoms with van der Waals surface area (Å²) in [7, 11) is 0. The first-order valence-corrected chi connectivity index (χ1v) is 8.47. The molecule has 0 aliphatic carbocycles. The van der Waals surface area contributed by atoms with E-state index < -0.39 is 5.92 Å². The fourth-order valence-electron chi connectivity index (χ4n) is 3.16. The Labute approximate surface area is 150 Å². The van der Waals surface area contributed by atoms with Crippen LogP contribution in [0.1, 0.15) is 19.3 Å². The predicted molar refractivity (Wildman–Crippen MR) is 95.6 cm³/mol. The molecule has 126 valence electrons. The minimum Gasteiger partial charge on any atom is -0.342 e. The van der Waals surface area contributed by atoms with Gasteiger partial charge in [-0.05, 0) is 47.3 Å². The minimum absolute atomic E-state index is 0. The summed E-state index contributed by atoms with van der Waals surface area (Å²) in [4.78, 5) is 28.8. The number of carbonyl (C=O) groups excluding carboxylic acids is 2. The summed E-state index contributed by atoms with van der Waals surface area (Å²) < 4.78 is 0.875. The number of para-hydroxylation sites is 1. The molecule has 1 unspecified atom stereocenters. The number of hydrogen-bond donors (Lipinski definition) is 1. The number of carbonyl (C=O) groups is 2. The Kier molecular flexibility index (Phi) is 6.06. The molecule has 2 heterocycles. The molecule has 1 atom stereocenters. The molecule has 2 fully saturated rings. The molecule has 2 aliphatic rings. The zero-order valence-corrected chi connectivity index (χ0v) is 15.2. The minimum atomic E-state index is -0.540. The highest BCUT2D eigenvalue weighted by Crippen LogP contribution is 2.32. The third kappa shape index (κ3) is 3.70. The average Bonchev–Trinajstić information content (AvgIpc) is 2.89. The highest BCUT2D eigenvalue weighted by atomic mass is 79.9. The predicted octanol–water partition coefficient (Wildman–Crippen LogP) is 2.17. The van der Waals surface area contributed by atoms with E-state index in [1.54, 1.807) is 9.80 Å². The van der Waals surface area contributed by atoms with Crippen LogP contribution in [0.25, 0.3) is 0 Å². The smallest absolute Gasteiger partial charge is 0.239 e. The van der Waals surface area contributed by atoms with E-state index in [0.717, 1.165) is 23.0 Å². The van der Waals surface area contributed by atoms with Crippen LogP contribution in [0.3, 0.4) is 0 Å². The Bertz CT molecular complexity index is 590. The standard InChI is InChI=1S/C16H20BrN3O2.ClH/c17-13-3-1-2-4-14(13)20-10-7-12(16(20)22)15(21)19-8-5-11(18)6-9-19;/h1-4,11-12H,5-10,18H2;1H. The number of anilines is 1. The van der Waals surface area contributed by atoms with Gasteiger partial charge in [0.1, 0.15) is 5.92 Å². The molecule has 23 heavy (non-hydrogen) atoms. The number of hydrogen-bond acceptors (Lipinski definition) is 3. The van der Waals surface area contributed by atoms with E-state index in [1.807, 2.05) is 24.3 Å². The second kappa shape index (κ2) is 7.64. The van der Waals surface area contributed by atoms with Gasteiger partial charge in [-0.15, -0.1) is 12.4 Å². The Morgan fingerprint density at radius 2 is 1.78 bits per heavy atom. The largest absolute Gasteiger partial charge is 0.342 e. The molecule has 2 N–H and O–H groups in total. The van der Waals surface area contributed by atoms with Crippen LogP contribution in [0.15, 0.2) is 28.7 Å². The van der Waals surface area contributed by atoms with E-state index in [1.165, 1.54) is 0 Å². The van der Waals surface area contributed by atoms with Crippen molar-refractivity contribution in [3.05, 3.63) is 28.7 Å². The maximum Gasteiger partial charge on any atom is 0.239 e. The van der Waals surface area contributed by atoms with E-state index >= 15 is 0 Å². The fraction of sp³-hybridized carbons (Fsp3) is 0.500. The van der Waals surface area contributed by atoms with E-state index in [2.05, 4.69) is 15.9 Å². The van der Waals surface area contributed by atoms with Gasteiger partial charge < -0.3 is 15.5 Å². The Morgan fingerprint density at radius 1 is 1.13 bits per heavy atom. The lowest BCUT2D eigenvalue weighted by Gasteiger charge is -2.31. The van der Waals surface area contributed by atoms with Crippen molar-refractivity contribution in [3.63, 3.8) is 0 Å². The molecule has 7 heteroatoms. The van der Waals surface area contributed by atoms with E-state index in [0.29, 0.717) is 26.1 Å². The van der Waals surface area contributed by atoms with Crippen LogP contribution < -0.4 is 10.6 Å². The third-order valence-corrected chi connectivity index (χ3v) is 5.17. The van der Waals surface area contributed by atoms with Crippen molar-refractivity contribution in [3.8, 4) is 0 Å². The Balaban J connectivity index is 0.00000192. The van der Waals surface area contributed by atoms with Crippen LogP contribution in [0.5, 0.6) is 0 Å². The van der Waals surface area contributed by atoms with Crippen LogP contribution in [0.4, 0.5) is 5.69 Å². The van der Waals surface area contributed by atoms with Crippen LogP contribution in [-0.2, 0) is 9.59 Å². The van der Waals surface area contributed by atoms with E-state index in [4.69, 9.17) is 5.73 Å². The molecule has 5 nitrogen and oxygen atoms in total. The highest BCUT2D eigenvalue weighted by molar-refractivity contribution is 9.10. The van der Waals surface area contributed by atoms with Crippen molar-refractivity contribution in [2.75, 3.05) is 24.5 Å². The monoisotopic (exact) mass is 401 g/mol. The van der Waals surface area contributed by atoms with Crippen molar-refractivity contribution < 1.29 is 9.59 Å². The number of likely N-dealkylation sites (tertiary alicyclic amines) is 1. The summed E-state index contributed by atoms with van der Waals surface area (Å²) in [5, 5.41) is 0. The molecule has 0 aromatic heterocycles. The van der Waals surface area contributed by atoms with Gasteiger partial charge in [-0.25, -0.2) is 0 Å². The van der Waals surface area contributed by atoms with Gasteiger partial charge >= 0.3 is 0 Å². The first-order valence-electron chi connectivity index (χ1n) is 7.68. The summed E-state index contributed by atoms with van der Waals surface area (Å²) in [5.41, 5.74) is 6.71. The molecule has 1 aromatic rings. The molecule has 0 radical (unpaired) electrons. The second-order valence-electron chi connectivity index (χ2n) is 5.95. The van der Waals surface area contributed by atoms with Crippen LogP contribution in [-0.4, -0.2) is 42.4 Å². The summed E-state index contributed by atoms with van der Waals surface area (Å²) in [6.07, 6.45) is 2.22. The molecular weight excluding hydrogens is 382 g/mol. The normalized spacial score (nSPS) is 22.2. The lowest BCUT2D eigenvalue weighted by molar-refractivity contribution is -0.140. The van der Waals surface area contributed by atoms with E-state index in [9.17, 15) is 9.59 Å². The first-order chi connectivity index (χ1) is 10.6. The topological polar surface area (TPSA) is 66.6 Å². The molecule has 2 amide bonds. The molecule has 0 spiro atoms. The number of amides is 2. The number of rotatable bonds is 2. The molecule has 0 bridgehead atoms. The van der Waals surface area contributed by atoms with Gasteiger partial charge in [-0.1, -0.05) is 12.1 Å². The lowest BCUT2D eigenvalue weighted by Crippen LogP contribution is -2.46. The Morgan fingerprint density at radius 3 is 2.43 bits per heavy atom. The molecule has 1 aromatic carbocycles. The van der Waals surface area contributed by atoms with Gasteiger partial charge in [0, 0.05) is 30.1 Å². The molecule has 3 rings (SSSR count). The summed E-state index contributed by atoms with van der Waals surface area (Å²) in [6, 6.07) is 7.79. The Hall–Kier alpha value is -1.11. The molecule has 0 saturated carbocycles. The first kappa shape index (κ1) is 18.2. The van der Waals surface area contributed by atoms with Gasteiger partial charge in [0.2, 0.25) is 11.8 Å². The highest BCUT2D eigenvalue weighted by Gasteiger charge is 2.40. The maximum atomic E-state index is 12.6. The average molecular weight is 403 g/mol. The third-order valence-electron chi connectivity index (χ3n) is 4.50. The van der Waals surface area contributed by atoms with Crippen molar-refractivity contribution in [1.82, 2.24) is 4.90 Å². The number of benzene rings is 1.